The number of rotatable bonds is 5. The zero-order valence-electron chi connectivity index (χ0n) is 24.5. The molecule has 0 saturated heterocycles. The average Bonchev–Trinajstić information content (AvgIpc) is 3.52. The molecule has 7 rings (SSSR count). The second-order valence-electron chi connectivity index (χ2n) is 11.7. The maximum Gasteiger partial charge on any atom is -1.00 e. The molecule has 2 unspecified atom stereocenters. The van der Waals surface area contributed by atoms with Crippen LogP contribution in [0.25, 0.3) is 45.2 Å². The van der Waals surface area contributed by atoms with Gasteiger partial charge in [-0.05, 0) is 0 Å². The summed E-state index contributed by atoms with van der Waals surface area (Å²) in [6, 6.07) is 38.3. The molecule has 42 heavy (non-hydrogen) atoms. The van der Waals surface area contributed by atoms with Crippen LogP contribution in [0.3, 0.4) is 0 Å². The molecule has 0 spiro atoms. The van der Waals surface area contributed by atoms with Gasteiger partial charge in [-0.1, -0.05) is 0 Å². The largest absolute Gasteiger partial charge is 1.00 e. The monoisotopic (exact) mass is 662 g/mol. The summed E-state index contributed by atoms with van der Waals surface area (Å²) in [5.41, 5.74) is 16.2. The molecule has 5 aromatic carbocycles. The number of hydrogen-bond acceptors (Lipinski definition) is 0. The third-order valence-electron chi connectivity index (χ3n) is 8.86. The van der Waals surface area contributed by atoms with E-state index in [1.807, 2.05) is 0 Å². The molecular weight excluding hydrogens is 631 g/mol. The first-order valence-electron chi connectivity index (χ1n) is 14.5. The molecule has 0 heterocycles. The molecule has 0 bridgehead atoms. The van der Waals surface area contributed by atoms with Crippen LogP contribution in [0.5, 0.6) is 0 Å². The van der Waals surface area contributed by atoms with Crippen molar-refractivity contribution >= 4 is 22.9 Å². The maximum atomic E-state index is 2.56. The minimum Gasteiger partial charge on any atom is -1.00 e. The number of fused-ring (bicyclic) bond motifs is 3. The van der Waals surface area contributed by atoms with Crippen LogP contribution in [-0.2, 0) is 23.2 Å². The molecule has 0 fully saturated rings. The number of halogens is 2. The van der Waals surface area contributed by atoms with Crippen LogP contribution in [0.15, 0.2) is 114 Å². The van der Waals surface area contributed by atoms with Crippen LogP contribution >= 0.6 is 0 Å². The van der Waals surface area contributed by atoms with Gasteiger partial charge in [0.05, 0.1) is 0 Å². The molecule has 3 heteroatoms. The average molecular weight is 665 g/mol. The van der Waals surface area contributed by atoms with Crippen LogP contribution in [-0.4, -0.2) is 0 Å². The van der Waals surface area contributed by atoms with Crippen molar-refractivity contribution in [3.8, 4) is 22.3 Å². The van der Waals surface area contributed by atoms with Gasteiger partial charge >= 0.3 is 251 Å². The SMILES string of the molecule is CC1=Cc2c(-c3ccc4ccccc4c3)ccc(C)c2[CH]1[Zr+2][CH]1C(C(C)C)=Cc2c(-c3ccccc3)cccc21.[Cl-].[Cl-]. The molecular formula is C39H34Cl2Zr. The Labute approximate surface area is 274 Å². The summed E-state index contributed by atoms with van der Waals surface area (Å²) in [5.74, 6) is 0.553. The van der Waals surface area contributed by atoms with E-state index in [9.17, 15) is 0 Å². The van der Waals surface area contributed by atoms with Crippen molar-refractivity contribution in [1.82, 2.24) is 0 Å². The van der Waals surface area contributed by atoms with Crippen LogP contribution in [0.2, 0.25) is 0 Å². The van der Waals surface area contributed by atoms with Crippen LogP contribution in [0.1, 0.15) is 55.8 Å². The quantitative estimate of drug-likeness (QED) is 0.253. The summed E-state index contributed by atoms with van der Waals surface area (Å²) in [7, 11) is 0. The number of hydrogen-bond donors (Lipinski definition) is 0. The van der Waals surface area contributed by atoms with Gasteiger partial charge in [-0.25, -0.2) is 0 Å². The molecule has 208 valence electrons. The molecule has 5 aromatic rings. The standard InChI is InChI=1S/C21H17.C18H17.2ClH.Zr/c1-14-11-20-15(2)7-10-19(21(20)12-14)18-9-8-16-5-3-4-6-17(16)13-18;1-13(2)16-11-15-9-6-10-17(18(15)12-16)14-7-4-3-5-8-14;;;/h3-13H,1-2H3;3-13H,1-2H3;2*1H;/q;;;;+2/p-2. The van der Waals surface area contributed by atoms with Crippen molar-refractivity contribution in [3.05, 3.63) is 142 Å². The zero-order valence-corrected chi connectivity index (χ0v) is 28.4. The van der Waals surface area contributed by atoms with Crippen LogP contribution < -0.4 is 24.8 Å². The molecule has 2 aliphatic rings. The smallest absolute Gasteiger partial charge is 1.00 e. The summed E-state index contributed by atoms with van der Waals surface area (Å²) in [6.07, 6.45) is 5.08. The van der Waals surface area contributed by atoms with E-state index in [0.717, 1.165) is 0 Å². The Morgan fingerprint density at radius 1 is 0.595 bits per heavy atom. The van der Waals surface area contributed by atoms with E-state index in [1.165, 1.54) is 49.7 Å². The van der Waals surface area contributed by atoms with Gasteiger partial charge in [0.25, 0.3) is 0 Å². The Hall–Kier alpha value is -2.70. The van der Waals surface area contributed by atoms with Crippen molar-refractivity contribution < 1.29 is 48.0 Å². The third kappa shape index (κ3) is 5.30. The predicted molar refractivity (Wildman–Crippen MR) is 168 cm³/mol. The normalized spacial score (nSPS) is 16.6. The van der Waals surface area contributed by atoms with Crippen LogP contribution in [0.4, 0.5) is 0 Å². The fraction of sp³-hybridized carbons (Fsp3) is 0.179. The predicted octanol–water partition coefficient (Wildman–Crippen LogP) is 4.83. The van der Waals surface area contributed by atoms with Gasteiger partial charge in [0.2, 0.25) is 0 Å². The Kier molecular flexibility index (Phi) is 9.15. The topological polar surface area (TPSA) is 0 Å². The summed E-state index contributed by atoms with van der Waals surface area (Å²) >= 11 is -0.953. The molecule has 0 radical (unpaired) electrons. The van der Waals surface area contributed by atoms with E-state index in [1.54, 1.807) is 22.3 Å². The molecule has 2 atom stereocenters. The Bertz CT molecular complexity index is 1830. The van der Waals surface area contributed by atoms with Gasteiger partial charge in [-0.2, -0.15) is 0 Å². The number of benzene rings is 5. The van der Waals surface area contributed by atoms with E-state index in [0.29, 0.717) is 13.2 Å². The summed E-state index contributed by atoms with van der Waals surface area (Å²) in [5, 5.41) is 2.61. The number of allylic oxidation sites excluding steroid dienone is 2. The summed E-state index contributed by atoms with van der Waals surface area (Å²) in [6.45, 7) is 9.50. The minimum atomic E-state index is -0.953. The Morgan fingerprint density at radius 3 is 2.07 bits per heavy atom. The zero-order chi connectivity index (χ0) is 27.4. The van der Waals surface area contributed by atoms with E-state index in [4.69, 9.17) is 0 Å². The molecule has 2 aliphatic carbocycles. The fourth-order valence-electron chi connectivity index (χ4n) is 6.79. The van der Waals surface area contributed by atoms with E-state index < -0.39 is 23.2 Å². The van der Waals surface area contributed by atoms with Gasteiger partial charge in [-0.3, -0.25) is 0 Å². The molecule has 0 saturated carbocycles. The molecule has 0 aromatic heterocycles. The second kappa shape index (κ2) is 12.5. The van der Waals surface area contributed by atoms with E-state index >= 15 is 0 Å². The van der Waals surface area contributed by atoms with Gasteiger partial charge in [0, 0.05) is 0 Å². The fourth-order valence-corrected chi connectivity index (χ4v) is 12.4. The third-order valence-corrected chi connectivity index (χ3v) is 13.9. The minimum absolute atomic E-state index is 0. The molecule has 0 amide bonds. The van der Waals surface area contributed by atoms with Crippen LogP contribution in [0, 0.1) is 12.8 Å². The van der Waals surface area contributed by atoms with Gasteiger partial charge in [0.1, 0.15) is 0 Å². The van der Waals surface area contributed by atoms with E-state index in [2.05, 4.69) is 143 Å². The van der Waals surface area contributed by atoms with Gasteiger partial charge in [0.15, 0.2) is 0 Å². The number of aryl methyl sites for hydroxylation is 1. The van der Waals surface area contributed by atoms with Gasteiger partial charge in [-0.15, -0.1) is 0 Å². The summed E-state index contributed by atoms with van der Waals surface area (Å²) < 4.78 is 1.20. The van der Waals surface area contributed by atoms with Gasteiger partial charge < -0.3 is 24.8 Å². The van der Waals surface area contributed by atoms with Crippen molar-refractivity contribution in [3.63, 3.8) is 0 Å². The first-order chi connectivity index (χ1) is 19.5. The Balaban J connectivity index is 0.00000176. The Morgan fingerprint density at radius 2 is 1.31 bits per heavy atom. The first-order valence-corrected chi connectivity index (χ1v) is 17.3. The maximum absolute atomic E-state index is 2.56. The van der Waals surface area contributed by atoms with E-state index in [-0.39, 0.29) is 24.8 Å². The molecule has 0 aliphatic heterocycles. The summed E-state index contributed by atoms with van der Waals surface area (Å²) in [4.78, 5) is 0. The van der Waals surface area contributed by atoms with Crippen molar-refractivity contribution in [1.29, 1.82) is 0 Å². The van der Waals surface area contributed by atoms with Crippen molar-refractivity contribution in [2.24, 2.45) is 5.92 Å². The first kappa shape index (κ1) is 30.8. The molecule has 0 N–H and O–H groups in total. The second-order valence-corrected chi connectivity index (χ2v) is 15.4. The van der Waals surface area contributed by atoms with Crippen molar-refractivity contribution in [2.45, 2.75) is 34.9 Å². The molecule has 0 nitrogen and oxygen atoms in total. The van der Waals surface area contributed by atoms with Crippen molar-refractivity contribution in [2.75, 3.05) is 0 Å².